The van der Waals surface area contributed by atoms with Gasteiger partial charge in [0, 0.05) is 16.0 Å². The lowest BCUT2D eigenvalue weighted by Crippen LogP contribution is -2.12. The molecule has 1 aromatic heterocycles. The van der Waals surface area contributed by atoms with E-state index in [-0.39, 0.29) is 24.3 Å². The normalized spacial score (nSPS) is 12.9. The Bertz CT molecular complexity index is 568. The van der Waals surface area contributed by atoms with Gasteiger partial charge in [-0.05, 0) is 24.1 Å². The van der Waals surface area contributed by atoms with E-state index in [4.69, 9.17) is 0 Å². The van der Waals surface area contributed by atoms with Crippen LogP contribution in [-0.4, -0.2) is 21.7 Å². The van der Waals surface area contributed by atoms with E-state index in [1.807, 2.05) is 13.8 Å². The molecule has 2 aromatic rings. The van der Waals surface area contributed by atoms with Crippen molar-refractivity contribution in [1.82, 2.24) is 9.97 Å². The molecular weight excluding hydrogens is 311 g/mol. The molecule has 0 bridgehead atoms. The lowest BCUT2D eigenvalue weighted by molar-refractivity contribution is 0.232. The van der Waals surface area contributed by atoms with Crippen LogP contribution in [0, 0.1) is 11.7 Å². The fourth-order valence-corrected chi connectivity index (χ4v) is 2.34. The first-order valence-corrected chi connectivity index (χ1v) is 6.93. The number of aliphatic hydroxyl groups excluding tert-OH is 1. The van der Waals surface area contributed by atoms with Gasteiger partial charge in [-0.1, -0.05) is 29.8 Å². The quantitative estimate of drug-likeness (QED) is 0.899. The van der Waals surface area contributed by atoms with Crippen LogP contribution in [0.25, 0.3) is 11.3 Å². The fraction of sp³-hybridized carbons (Fsp3) is 0.357. The van der Waals surface area contributed by atoms with Gasteiger partial charge in [0.25, 0.3) is 0 Å². The summed E-state index contributed by atoms with van der Waals surface area (Å²) in [6.07, 6.45) is 1.60. The fourth-order valence-electron chi connectivity index (χ4n) is 1.98. The van der Waals surface area contributed by atoms with Crippen molar-refractivity contribution in [2.24, 2.45) is 5.92 Å². The monoisotopic (exact) mass is 326 g/mol. The van der Waals surface area contributed by atoms with Crippen molar-refractivity contribution < 1.29 is 9.50 Å². The molecule has 5 heteroatoms. The van der Waals surface area contributed by atoms with Crippen LogP contribution in [0.4, 0.5) is 4.39 Å². The van der Waals surface area contributed by atoms with Gasteiger partial charge < -0.3 is 10.1 Å². The van der Waals surface area contributed by atoms with E-state index < -0.39 is 0 Å². The number of aliphatic hydroxyl groups is 1. The Morgan fingerprint density at radius 2 is 2.16 bits per heavy atom. The van der Waals surface area contributed by atoms with Crippen LogP contribution < -0.4 is 0 Å². The van der Waals surface area contributed by atoms with E-state index in [1.165, 1.54) is 6.07 Å². The molecule has 2 N–H and O–H groups in total. The number of nitrogens with one attached hydrogen (secondary N) is 1. The Labute approximate surface area is 120 Å². The minimum atomic E-state index is -0.302. The highest BCUT2D eigenvalue weighted by Gasteiger charge is 2.19. The summed E-state index contributed by atoms with van der Waals surface area (Å²) in [5.74, 6) is 0.579. The molecule has 0 spiro atoms. The molecule has 0 saturated heterocycles. The Morgan fingerprint density at radius 3 is 2.79 bits per heavy atom. The van der Waals surface area contributed by atoms with E-state index in [9.17, 15) is 9.50 Å². The topological polar surface area (TPSA) is 48.9 Å². The lowest BCUT2D eigenvalue weighted by Gasteiger charge is -2.15. The Hall–Kier alpha value is -1.20. The number of hydrogen-bond donors (Lipinski definition) is 2. The first kappa shape index (κ1) is 14.2. The van der Waals surface area contributed by atoms with Gasteiger partial charge in [-0.2, -0.15) is 0 Å². The molecule has 0 fully saturated rings. The summed E-state index contributed by atoms with van der Waals surface area (Å²) in [7, 11) is 0. The minimum absolute atomic E-state index is 0.0194. The van der Waals surface area contributed by atoms with Crippen LogP contribution in [0.2, 0.25) is 0 Å². The van der Waals surface area contributed by atoms with Crippen LogP contribution in [0.1, 0.15) is 25.6 Å². The van der Waals surface area contributed by atoms with Crippen LogP contribution in [-0.2, 0) is 0 Å². The average molecular weight is 327 g/mol. The number of imidazole rings is 1. The predicted molar refractivity (Wildman–Crippen MR) is 76.3 cm³/mol. The molecule has 0 aliphatic heterocycles. The molecular formula is C14H16BrFN2O. The highest BCUT2D eigenvalue weighted by Crippen LogP contribution is 2.28. The van der Waals surface area contributed by atoms with Crippen molar-refractivity contribution in [1.29, 1.82) is 0 Å². The standard InChI is InChI=1S/C14H16BrFN2O/c1-8(2)11(7-19)14-17-6-13(18-14)10-5-9(15)3-4-12(10)16/h3-6,8,11,19H,7H2,1-2H3,(H,17,18). The van der Waals surface area contributed by atoms with Gasteiger partial charge in [0.2, 0.25) is 0 Å². The molecule has 0 saturated carbocycles. The molecule has 1 heterocycles. The maximum absolute atomic E-state index is 13.8. The molecule has 1 atom stereocenters. The van der Waals surface area contributed by atoms with Crippen molar-refractivity contribution >= 4 is 15.9 Å². The Balaban J connectivity index is 2.38. The third-order valence-corrected chi connectivity index (χ3v) is 3.66. The Kier molecular flexibility index (Phi) is 4.37. The summed E-state index contributed by atoms with van der Waals surface area (Å²) in [6, 6.07) is 4.77. The molecule has 3 nitrogen and oxygen atoms in total. The summed E-state index contributed by atoms with van der Waals surface area (Å²) in [6.45, 7) is 4.05. The van der Waals surface area contributed by atoms with Crippen LogP contribution in [0.3, 0.4) is 0 Å². The molecule has 1 unspecified atom stereocenters. The maximum atomic E-state index is 13.8. The number of rotatable bonds is 4. The van der Waals surface area contributed by atoms with Gasteiger partial charge in [-0.3, -0.25) is 0 Å². The molecule has 102 valence electrons. The third kappa shape index (κ3) is 3.04. The average Bonchev–Trinajstić information content (AvgIpc) is 2.82. The number of nitrogens with zero attached hydrogens (tertiary/aromatic N) is 1. The van der Waals surface area contributed by atoms with E-state index >= 15 is 0 Å². The Morgan fingerprint density at radius 1 is 1.42 bits per heavy atom. The van der Waals surface area contributed by atoms with Gasteiger partial charge in [0.15, 0.2) is 0 Å². The summed E-state index contributed by atoms with van der Waals surface area (Å²) >= 11 is 3.33. The smallest absolute Gasteiger partial charge is 0.132 e. The highest BCUT2D eigenvalue weighted by molar-refractivity contribution is 9.10. The first-order valence-electron chi connectivity index (χ1n) is 6.14. The summed E-state index contributed by atoms with van der Waals surface area (Å²) in [4.78, 5) is 7.36. The second-order valence-electron chi connectivity index (χ2n) is 4.84. The van der Waals surface area contributed by atoms with Crippen molar-refractivity contribution in [3.8, 4) is 11.3 Å². The van der Waals surface area contributed by atoms with Crippen molar-refractivity contribution in [3.05, 3.63) is 40.5 Å². The number of H-pyrrole nitrogens is 1. The van der Waals surface area contributed by atoms with E-state index in [0.717, 1.165) is 4.47 Å². The van der Waals surface area contributed by atoms with Crippen LogP contribution in [0.15, 0.2) is 28.9 Å². The summed E-state index contributed by atoms with van der Waals surface area (Å²) in [5, 5.41) is 9.39. The molecule has 19 heavy (non-hydrogen) atoms. The van der Waals surface area contributed by atoms with Crippen LogP contribution in [0.5, 0.6) is 0 Å². The molecule has 0 aliphatic rings. The molecule has 0 aliphatic carbocycles. The van der Waals surface area contributed by atoms with Crippen LogP contribution >= 0.6 is 15.9 Å². The zero-order chi connectivity index (χ0) is 14.0. The van der Waals surface area contributed by atoms with E-state index in [2.05, 4.69) is 25.9 Å². The van der Waals surface area contributed by atoms with E-state index in [0.29, 0.717) is 17.1 Å². The second-order valence-corrected chi connectivity index (χ2v) is 5.76. The van der Waals surface area contributed by atoms with E-state index in [1.54, 1.807) is 18.3 Å². The van der Waals surface area contributed by atoms with Gasteiger partial charge in [-0.25, -0.2) is 9.37 Å². The van der Waals surface area contributed by atoms with Crippen molar-refractivity contribution in [2.75, 3.05) is 6.61 Å². The molecule has 1 aromatic carbocycles. The number of halogens is 2. The van der Waals surface area contributed by atoms with Gasteiger partial charge in [0.05, 0.1) is 18.5 Å². The van der Waals surface area contributed by atoms with Crippen molar-refractivity contribution in [2.45, 2.75) is 19.8 Å². The molecule has 0 amide bonds. The molecule has 2 rings (SSSR count). The first-order chi connectivity index (χ1) is 9.02. The van der Waals surface area contributed by atoms with Gasteiger partial charge >= 0.3 is 0 Å². The summed E-state index contributed by atoms with van der Waals surface area (Å²) < 4.78 is 14.6. The zero-order valence-corrected chi connectivity index (χ0v) is 12.4. The number of aromatic amines is 1. The zero-order valence-electron chi connectivity index (χ0n) is 10.8. The predicted octanol–water partition coefficient (Wildman–Crippen LogP) is 3.71. The number of hydrogen-bond acceptors (Lipinski definition) is 2. The lowest BCUT2D eigenvalue weighted by atomic mass is 9.96. The largest absolute Gasteiger partial charge is 0.396 e. The maximum Gasteiger partial charge on any atom is 0.132 e. The SMILES string of the molecule is CC(C)C(CO)c1ncc(-c2cc(Br)ccc2F)[nH]1. The second kappa shape index (κ2) is 5.84. The van der Waals surface area contributed by atoms with Gasteiger partial charge in [-0.15, -0.1) is 0 Å². The minimum Gasteiger partial charge on any atom is -0.396 e. The summed E-state index contributed by atoms with van der Waals surface area (Å²) in [5.41, 5.74) is 1.08. The number of aromatic nitrogens is 2. The van der Waals surface area contributed by atoms with Crippen molar-refractivity contribution in [3.63, 3.8) is 0 Å². The third-order valence-electron chi connectivity index (χ3n) is 3.17. The number of benzene rings is 1. The molecule has 0 radical (unpaired) electrons. The van der Waals surface area contributed by atoms with Gasteiger partial charge in [0.1, 0.15) is 11.6 Å². The highest BCUT2D eigenvalue weighted by atomic mass is 79.9.